The highest BCUT2D eigenvalue weighted by molar-refractivity contribution is 5.79. The van der Waals surface area contributed by atoms with E-state index in [0.717, 1.165) is 22.5 Å². The van der Waals surface area contributed by atoms with Crippen LogP contribution in [0.25, 0.3) is 16.8 Å². The van der Waals surface area contributed by atoms with Gasteiger partial charge in [-0.05, 0) is 18.6 Å². The molecule has 0 aliphatic rings. The van der Waals surface area contributed by atoms with Crippen LogP contribution in [0.2, 0.25) is 0 Å². The van der Waals surface area contributed by atoms with Gasteiger partial charge < -0.3 is 0 Å². The van der Waals surface area contributed by atoms with Crippen molar-refractivity contribution < 1.29 is 0 Å². The fraction of sp³-hybridized carbons (Fsp3) is 0.0769. The lowest BCUT2D eigenvalue weighted by molar-refractivity contribution is 0.917. The first-order chi connectivity index (χ1) is 7.86. The number of fused-ring (bicyclic) bond motifs is 1. The molecule has 2 aromatic heterocycles. The van der Waals surface area contributed by atoms with Gasteiger partial charge in [-0.1, -0.05) is 30.3 Å². The minimum Gasteiger partial charge on any atom is -0.236 e. The normalized spacial score (nSPS) is 10.8. The molecule has 0 N–H and O–H groups in total. The number of aryl methyl sites for hydroxylation is 1. The molecule has 0 saturated heterocycles. The van der Waals surface area contributed by atoms with Crippen molar-refractivity contribution >= 4 is 5.65 Å². The van der Waals surface area contributed by atoms with E-state index in [1.165, 1.54) is 0 Å². The number of rotatable bonds is 1. The fourth-order valence-electron chi connectivity index (χ4n) is 1.94. The highest BCUT2D eigenvalue weighted by Gasteiger charge is 2.11. The molecule has 0 saturated carbocycles. The molecule has 0 unspecified atom stereocenters. The summed E-state index contributed by atoms with van der Waals surface area (Å²) in [6.07, 6.45) is 3.71. The smallest absolute Gasteiger partial charge is 0.163 e. The quantitative estimate of drug-likeness (QED) is 0.616. The van der Waals surface area contributed by atoms with Crippen LogP contribution in [-0.4, -0.2) is 14.6 Å². The highest BCUT2D eigenvalue weighted by atomic mass is 15.2. The summed E-state index contributed by atoms with van der Waals surface area (Å²) < 4.78 is 1.82. The average molecular weight is 209 g/mol. The van der Waals surface area contributed by atoms with E-state index in [1.54, 1.807) is 6.20 Å². The third-order valence-corrected chi connectivity index (χ3v) is 2.63. The molecule has 3 nitrogen and oxygen atoms in total. The van der Waals surface area contributed by atoms with Gasteiger partial charge in [-0.25, -0.2) is 9.50 Å². The van der Waals surface area contributed by atoms with E-state index >= 15 is 0 Å². The molecule has 3 rings (SSSR count). The SMILES string of the molecule is Cc1nn2cccnc2c1-c1ccccc1. The molecule has 2 heterocycles. The Hall–Kier alpha value is -2.16. The predicted molar refractivity (Wildman–Crippen MR) is 63.2 cm³/mol. The van der Waals surface area contributed by atoms with Crippen molar-refractivity contribution in [2.24, 2.45) is 0 Å². The van der Waals surface area contributed by atoms with Crippen molar-refractivity contribution in [2.45, 2.75) is 6.92 Å². The maximum atomic E-state index is 4.44. The van der Waals surface area contributed by atoms with Gasteiger partial charge in [0.25, 0.3) is 0 Å². The maximum absolute atomic E-state index is 4.44. The zero-order chi connectivity index (χ0) is 11.0. The predicted octanol–water partition coefficient (Wildman–Crippen LogP) is 2.70. The number of hydrogen-bond donors (Lipinski definition) is 0. The summed E-state index contributed by atoms with van der Waals surface area (Å²) >= 11 is 0. The minimum atomic E-state index is 0.909. The average Bonchev–Trinajstić information content (AvgIpc) is 2.66. The van der Waals surface area contributed by atoms with E-state index in [1.807, 2.05) is 41.9 Å². The van der Waals surface area contributed by atoms with Crippen LogP contribution >= 0.6 is 0 Å². The van der Waals surface area contributed by atoms with E-state index in [9.17, 15) is 0 Å². The second-order valence-electron chi connectivity index (χ2n) is 3.71. The second kappa shape index (κ2) is 3.45. The number of benzene rings is 1. The Balaban J connectivity index is 2.35. The number of nitrogens with zero attached hydrogens (tertiary/aromatic N) is 3. The minimum absolute atomic E-state index is 0.909. The van der Waals surface area contributed by atoms with Gasteiger partial charge in [-0.15, -0.1) is 0 Å². The molecular weight excluding hydrogens is 198 g/mol. The zero-order valence-electron chi connectivity index (χ0n) is 8.96. The molecule has 3 heteroatoms. The Kier molecular flexibility index (Phi) is 1.96. The molecule has 0 spiro atoms. The van der Waals surface area contributed by atoms with Crippen LogP contribution in [-0.2, 0) is 0 Å². The van der Waals surface area contributed by atoms with Gasteiger partial charge in [0, 0.05) is 18.0 Å². The van der Waals surface area contributed by atoms with Crippen LogP contribution in [0.15, 0.2) is 48.8 Å². The van der Waals surface area contributed by atoms with E-state index in [2.05, 4.69) is 22.2 Å². The molecular formula is C13H11N3. The van der Waals surface area contributed by atoms with Gasteiger partial charge in [0.1, 0.15) is 0 Å². The number of hydrogen-bond acceptors (Lipinski definition) is 2. The topological polar surface area (TPSA) is 30.2 Å². The van der Waals surface area contributed by atoms with Crippen LogP contribution in [0.1, 0.15) is 5.69 Å². The zero-order valence-corrected chi connectivity index (χ0v) is 8.96. The van der Waals surface area contributed by atoms with Crippen molar-refractivity contribution in [3.8, 4) is 11.1 Å². The molecule has 16 heavy (non-hydrogen) atoms. The Bertz CT molecular complexity index is 626. The van der Waals surface area contributed by atoms with Crippen molar-refractivity contribution in [3.05, 3.63) is 54.5 Å². The standard InChI is InChI=1S/C13H11N3/c1-10-12(11-6-3-2-4-7-11)13-14-8-5-9-16(13)15-10/h2-9H,1H3. The fourth-order valence-corrected chi connectivity index (χ4v) is 1.94. The van der Waals surface area contributed by atoms with Crippen molar-refractivity contribution in [2.75, 3.05) is 0 Å². The van der Waals surface area contributed by atoms with E-state index < -0.39 is 0 Å². The highest BCUT2D eigenvalue weighted by Crippen LogP contribution is 2.26. The summed E-state index contributed by atoms with van der Waals surface area (Å²) in [6, 6.07) is 12.1. The molecule has 0 bridgehead atoms. The molecule has 0 radical (unpaired) electrons. The molecule has 0 aliphatic carbocycles. The van der Waals surface area contributed by atoms with Crippen LogP contribution in [0, 0.1) is 6.92 Å². The monoisotopic (exact) mass is 209 g/mol. The molecule has 1 aromatic carbocycles. The van der Waals surface area contributed by atoms with Crippen LogP contribution in [0.5, 0.6) is 0 Å². The summed E-state index contributed by atoms with van der Waals surface area (Å²) in [4.78, 5) is 4.38. The van der Waals surface area contributed by atoms with Crippen LogP contribution in [0.4, 0.5) is 0 Å². The Morgan fingerprint density at radius 3 is 2.69 bits per heavy atom. The lowest BCUT2D eigenvalue weighted by Crippen LogP contribution is -1.87. The molecule has 0 amide bonds. The third-order valence-electron chi connectivity index (χ3n) is 2.63. The molecule has 78 valence electrons. The molecule has 3 aromatic rings. The van der Waals surface area contributed by atoms with Gasteiger partial charge in [0.05, 0.1) is 5.69 Å². The largest absolute Gasteiger partial charge is 0.236 e. The van der Waals surface area contributed by atoms with E-state index in [-0.39, 0.29) is 0 Å². The van der Waals surface area contributed by atoms with Crippen molar-refractivity contribution in [1.29, 1.82) is 0 Å². The van der Waals surface area contributed by atoms with Gasteiger partial charge >= 0.3 is 0 Å². The Labute approximate surface area is 93.4 Å². The van der Waals surface area contributed by atoms with Crippen LogP contribution in [0.3, 0.4) is 0 Å². The first kappa shape index (κ1) is 9.09. The lowest BCUT2D eigenvalue weighted by Gasteiger charge is -1.98. The summed E-state index contributed by atoms with van der Waals surface area (Å²) in [5, 5.41) is 4.44. The van der Waals surface area contributed by atoms with Crippen LogP contribution < -0.4 is 0 Å². The Morgan fingerprint density at radius 1 is 1.06 bits per heavy atom. The van der Waals surface area contributed by atoms with Crippen molar-refractivity contribution in [3.63, 3.8) is 0 Å². The van der Waals surface area contributed by atoms with Gasteiger partial charge in [-0.2, -0.15) is 5.10 Å². The summed E-state index contributed by atoms with van der Waals surface area (Å²) in [5.74, 6) is 0. The summed E-state index contributed by atoms with van der Waals surface area (Å²) in [6.45, 7) is 2.01. The van der Waals surface area contributed by atoms with E-state index in [0.29, 0.717) is 0 Å². The first-order valence-corrected chi connectivity index (χ1v) is 5.21. The summed E-state index contributed by atoms with van der Waals surface area (Å²) in [7, 11) is 0. The van der Waals surface area contributed by atoms with Gasteiger partial charge in [-0.3, -0.25) is 0 Å². The lowest BCUT2D eigenvalue weighted by atomic mass is 10.1. The summed E-state index contributed by atoms with van der Waals surface area (Å²) in [5.41, 5.74) is 4.19. The molecule has 0 aliphatic heterocycles. The Morgan fingerprint density at radius 2 is 1.88 bits per heavy atom. The third kappa shape index (κ3) is 1.29. The number of aromatic nitrogens is 3. The van der Waals surface area contributed by atoms with Gasteiger partial charge in [0.2, 0.25) is 0 Å². The first-order valence-electron chi connectivity index (χ1n) is 5.21. The molecule has 0 fully saturated rings. The molecule has 0 atom stereocenters. The van der Waals surface area contributed by atoms with E-state index in [4.69, 9.17) is 0 Å². The van der Waals surface area contributed by atoms with Gasteiger partial charge in [0.15, 0.2) is 5.65 Å². The maximum Gasteiger partial charge on any atom is 0.163 e. The van der Waals surface area contributed by atoms with Crippen molar-refractivity contribution in [1.82, 2.24) is 14.6 Å². The second-order valence-corrected chi connectivity index (χ2v) is 3.71.